The lowest BCUT2D eigenvalue weighted by molar-refractivity contribution is -0.153. The van der Waals surface area contributed by atoms with Crippen molar-refractivity contribution < 1.29 is 19.1 Å². The monoisotopic (exact) mass is 223 g/mol. The Bertz CT molecular complexity index is 385. The van der Waals surface area contributed by atoms with Crippen LogP contribution in [0, 0.1) is 0 Å². The van der Waals surface area contributed by atoms with Crippen molar-refractivity contribution in [1.82, 2.24) is 4.90 Å². The number of carbonyl (C=O) groups is 2. The average molecular weight is 223 g/mol. The SMILES string of the molecule is O=C(O)C1CCCC(=O)N1Cc1ccco1. The zero-order chi connectivity index (χ0) is 11.5. The highest BCUT2D eigenvalue weighted by Crippen LogP contribution is 2.21. The minimum Gasteiger partial charge on any atom is -0.480 e. The van der Waals surface area contributed by atoms with E-state index in [1.807, 2.05) is 0 Å². The first kappa shape index (κ1) is 10.7. The molecule has 0 aromatic carbocycles. The smallest absolute Gasteiger partial charge is 0.326 e. The van der Waals surface area contributed by atoms with Gasteiger partial charge in [0.2, 0.25) is 5.91 Å². The second-order valence-corrected chi connectivity index (χ2v) is 3.85. The van der Waals surface area contributed by atoms with Crippen LogP contribution in [0.4, 0.5) is 0 Å². The number of hydrogen-bond donors (Lipinski definition) is 1. The molecular weight excluding hydrogens is 210 g/mol. The van der Waals surface area contributed by atoms with Crippen molar-refractivity contribution in [2.45, 2.75) is 31.8 Å². The summed E-state index contributed by atoms with van der Waals surface area (Å²) in [4.78, 5) is 24.1. The van der Waals surface area contributed by atoms with Gasteiger partial charge in [-0.1, -0.05) is 0 Å². The Kier molecular flexibility index (Phi) is 2.94. The van der Waals surface area contributed by atoms with Gasteiger partial charge in [-0.2, -0.15) is 0 Å². The summed E-state index contributed by atoms with van der Waals surface area (Å²) in [6.45, 7) is 0.239. The number of carboxylic acid groups (broad SMARTS) is 1. The topological polar surface area (TPSA) is 70.8 Å². The summed E-state index contributed by atoms with van der Waals surface area (Å²) in [6.07, 6.45) is 3.09. The normalized spacial score (nSPS) is 21.1. The molecule has 0 saturated carbocycles. The van der Waals surface area contributed by atoms with Crippen molar-refractivity contribution in [2.24, 2.45) is 0 Å². The summed E-state index contributed by atoms with van der Waals surface area (Å²) < 4.78 is 5.13. The van der Waals surface area contributed by atoms with Crippen molar-refractivity contribution in [1.29, 1.82) is 0 Å². The lowest BCUT2D eigenvalue weighted by Gasteiger charge is -2.32. The molecule has 5 nitrogen and oxygen atoms in total. The van der Waals surface area contributed by atoms with Crippen molar-refractivity contribution in [3.05, 3.63) is 24.2 Å². The van der Waals surface area contributed by atoms with Gasteiger partial charge in [0.1, 0.15) is 11.8 Å². The first-order valence-electron chi connectivity index (χ1n) is 5.23. The number of aliphatic carboxylic acids is 1. The van der Waals surface area contributed by atoms with E-state index in [1.165, 1.54) is 11.2 Å². The third kappa shape index (κ3) is 2.08. The summed E-state index contributed by atoms with van der Waals surface area (Å²) in [5.41, 5.74) is 0. The van der Waals surface area contributed by atoms with E-state index in [9.17, 15) is 9.59 Å². The van der Waals surface area contributed by atoms with Crippen LogP contribution in [-0.2, 0) is 16.1 Å². The Hall–Kier alpha value is -1.78. The molecule has 2 rings (SSSR count). The second kappa shape index (κ2) is 4.38. The van der Waals surface area contributed by atoms with Crippen molar-refractivity contribution in [3.8, 4) is 0 Å². The van der Waals surface area contributed by atoms with Gasteiger partial charge in [0.25, 0.3) is 0 Å². The van der Waals surface area contributed by atoms with Crippen molar-refractivity contribution in [3.63, 3.8) is 0 Å². The molecule has 1 fully saturated rings. The van der Waals surface area contributed by atoms with Gasteiger partial charge in [-0.25, -0.2) is 4.79 Å². The summed E-state index contributed by atoms with van der Waals surface area (Å²) in [5, 5.41) is 9.03. The minimum absolute atomic E-state index is 0.116. The molecule has 5 heteroatoms. The number of carbonyl (C=O) groups excluding carboxylic acids is 1. The fraction of sp³-hybridized carbons (Fsp3) is 0.455. The number of likely N-dealkylation sites (tertiary alicyclic amines) is 1. The zero-order valence-corrected chi connectivity index (χ0v) is 8.76. The molecule has 16 heavy (non-hydrogen) atoms. The summed E-state index contributed by atoms with van der Waals surface area (Å²) >= 11 is 0. The maximum absolute atomic E-state index is 11.7. The molecule has 0 aliphatic carbocycles. The van der Waals surface area contributed by atoms with E-state index in [1.54, 1.807) is 12.1 Å². The van der Waals surface area contributed by atoms with Gasteiger partial charge in [-0.3, -0.25) is 4.79 Å². The highest BCUT2D eigenvalue weighted by atomic mass is 16.4. The molecule has 1 unspecified atom stereocenters. The molecule has 1 aromatic rings. The van der Waals surface area contributed by atoms with Gasteiger partial charge in [0.15, 0.2) is 0 Å². The number of piperidine rings is 1. The Morgan fingerprint density at radius 3 is 3.06 bits per heavy atom. The Labute approximate surface area is 92.7 Å². The number of hydrogen-bond acceptors (Lipinski definition) is 3. The van der Waals surface area contributed by atoms with Crippen LogP contribution in [0.2, 0.25) is 0 Å². The Morgan fingerprint density at radius 2 is 2.44 bits per heavy atom. The van der Waals surface area contributed by atoms with Gasteiger partial charge in [-0.15, -0.1) is 0 Å². The summed E-state index contributed by atoms with van der Waals surface area (Å²) in [7, 11) is 0. The van der Waals surface area contributed by atoms with Crippen LogP contribution in [0.5, 0.6) is 0 Å². The lowest BCUT2D eigenvalue weighted by atomic mass is 10.0. The quantitative estimate of drug-likeness (QED) is 0.837. The Morgan fingerprint density at radius 1 is 1.62 bits per heavy atom. The number of carboxylic acids is 1. The van der Waals surface area contributed by atoms with E-state index in [0.29, 0.717) is 25.0 Å². The van der Waals surface area contributed by atoms with E-state index in [-0.39, 0.29) is 12.5 Å². The molecule has 0 radical (unpaired) electrons. The van der Waals surface area contributed by atoms with Gasteiger partial charge < -0.3 is 14.4 Å². The zero-order valence-electron chi connectivity index (χ0n) is 8.76. The van der Waals surface area contributed by atoms with Gasteiger partial charge >= 0.3 is 5.97 Å². The maximum Gasteiger partial charge on any atom is 0.326 e. The molecule has 2 heterocycles. The molecule has 0 bridgehead atoms. The van der Waals surface area contributed by atoms with E-state index < -0.39 is 12.0 Å². The molecule has 1 N–H and O–H groups in total. The van der Waals surface area contributed by atoms with Crippen molar-refractivity contribution in [2.75, 3.05) is 0 Å². The van der Waals surface area contributed by atoms with E-state index in [2.05, 4.69) is 0 Å². The van der Waals surface area contributed by atoms with Crippen LogP contribution >= 0.6 is 0 Å². The van der Waals surface area contributed by atoms with Crippen LogP contribution < -0.4 is 0 Å². The molecule has 1 atom stereocenters. The molecule has 1 aromatic heterocycles. The average Bonchev–Trinajstić information content (AvgIpc) is 2.73. The van der Waals surface area contributed by atoms with Crippen LogP contribution in [-0.4, -0.2) is 27.9 Å². The predicted molar refractivity (Wildman–Crippen MR) is 54.5 cm³/mol. The highest BCUT2D eigenvalue weighted by molar-refractivity contribution is 5.84. The van der Waals surface area contributed by atoms with Crippen molar-refractivity contribution >= 4 is 11.9 Å². The van der Waals surface area contributed by atoms with E-state index in [4.69, 9.17) is 9.52 Å². The predicted octanol–water partition coefficient (Wildman–Crippen LogP) is 1.25. The van der Waals surface area contributed by atoms with Crippen LogP contribution in [0.1, 0.15) is 25.0 Å². The third-order valence-corrected chi connectivity index (χ3v) is 2.76. The second-order valence-electron chi connectivity index (χ2n) is 3.85. The standard InChI is InChI=1S/C11H13NO4/c13-10-5-1-4-9(11(14)15)12(10)7-8-3-2-6-16-8/h2-3,6,9H,1,4-5,7H2,(H,14,15). The third-order valence-electron chi connectivity index (χ3n) is 2.76. The molecule has 1 aliphatic rings. The number of amides is 1. The van der Waals surface area contributed by atoms with Gasteiger partial charge in [-0.05, 0) is 25.0 Å². The van der Waals surface area contributed by atoms with Crippen LogP contribution in [0.15, 0.2) is 22.8 Å². The maximum atomic E-state index is 11.7. The molecule has 1 amide bonds. The molecule has 1 saturated heterocycles. The molecule has 0 spiro atoms. The van der Waals surface area contributed by atoms with Gasteiger partial charge in [0, 0.05) is 6.42 Å². The van der Waals surface area contributed by atoms with E-state index in [0.717, 1.165) is 0 Å². The van der Waals surface area contributed by atoms with Crippen LogP contribution in [0.25, 0.3) is 0 Å². The fourth-order valence-electron chi connectivity index (χ4n) is 1.95. The van der Waals surface area contributed by atoms with Crippen LogP contribution in [0.3, 0.4) is 0 Å². The lowest BCUT2D eigenvalue weighted by Crippen LogP contribution is -2.47. The molecular formula is C11H13NO4. The van der Waals surface area contributed by atoms with Gasteiger partial charge in [0.05, 0.1) is 12.8 Å². The molecule has 86 valence electrons. The summed E-state index contributed by atoms with van der Waals surface area (Å²) in [5.74, 6) is -0.448. The number of furan rings is 1. The largest absolute Gasteiger partial charge is 0.480 e. The summed E-state index contributed by atoms with van der Waals surface area (Å²) in [6, 6.07) is 2.74. The minimum atomic E-state index is -0.945. The first-order valence-corrected chi connectivity index (χ1v) is 5.23. The van der Waals surface area contributed by atoms with E-state index >= 15 is 0 Å². The number of rotatable bonds is 3. The fourth-order valence-corrected chi connectivity index (χ4v) is 1.95. The number of nitrogens with zero attached hydrogens (tertiary/aromatic N) is 1. The molecule has 1 aliphatic heterocycles. The first-order chi connectivity index (χ1) is 7.68. The highest BCUT2D eigenvalue weighted by Gasteiger charge is 2.33. The Balaban J connectivity index is 2.13.